The minimum Gasteiger partial charge on any atom is -0.0773 e. The molecule has 88 valence electrons. The number of hydrogen-bond donors (Lipinski definition) is 0. The second kappa shape index (κ2) is 10.0. The van der Waals surface area contributed by atoms with Crippen LogP contribution in [0.3, 0.4) is 0 Å². The Morgan fingerprint density at radius 2 is 1.20 bits per heavy atom. The zero-order valence-corrected chi connectivity index (χ0v) is 11.0. The van der Waals surface area contributed by atoms with Crippen LogP contribution in [-0.2, 0) is 0 Å². The molecule has 2 aliphatic rings. The molecule has 0 aromatic heterocycles. The highest BCUT2D eigenvalue weighted by atomic mass is 14.2. The van der Waals surface area contributed by atoms with Crippen molar-refractivity contribution in [2.75, 3.05) is 0 Å². The summed E-state index contributed by atoms with van der Waals surface area (Å²) < 4.78 is 0. The van der Waals surface area contributed by atoms with Gasteiger partial charge < -0.3 is 0 Å². The molecule has 0 aromatic rings. The van der Waals surface area contributed by atoms with Gasteiger partial charge in [-0.3, -0.25) is 0 Å². The zero-order valence-electron chi connectivity index (χ0n) is 11.0. The van der Waals surface area contributed by atoms with Crippen LogP contribution in [-0.4, -0.2) is 0 Å². The fraction of sp³-hybridized carbons (Fsp3) is 0.733. The quantitative estimate of drug-likeness (QED) is 0.544. The third-order valence-electron chi connectivity index (χ3n) is 2.97. The van der Waals surface area contributed by atoms with Crippen molar-refractivity contribution in [1.82, 2.24) is 0 Å². The molecule has 1 saturated carbocycles. The summed E-state index contributed by atoms with van der Waals surface area (Å²) in [5.41, 5.74) is 0. The lowest BCUT2D eigenvalue weighted by atomic mass is 9.81. The molecule has 0 atom stereocenters. The van der Waals surface area contributed by atoms with E-state index in [9.17, 15) is 0 Å². The van der Waals surface area contributed by atoms with Gasteiger partial charge in [-0.25, -0.2) is 0 Å². The molecular weight excluding hydrogens is 180 g/mol. The average molecular weight is 208 g/mol. The van der Waals surface area contributed by atoms with E-state index in [1.165, 1.54) is 32.1 Å². The minimum absolute atomic E-state index is 0.787. The van der Waals surface area contributed by atoms with Gasteiger partial charge in [-0.05, 0) is 24.7 Å². The van der Waals surface area contributed by atoms with Crippen LogP contribution < -0.4 is 0 Å². The molecule has 2 rings (SSSR count). The van der Waals surface area contributed by atoms with Crippen LogP contribution in [0.4, 0.5) is 0 Å². The van der Waals surface area contributed by atoms with Gasteiger partial charge in [0.05, 0.1) is 0 Å². The van der Waals surface area contributed by atoms with Crippen molar-refractivity contribution in [3.8, 4) is 0 Å². The summed E-state index contributed by atoms with van der Waals surface area (Å²) in [5.74, 6) is 1.76. The van der Waals surface area contributed by atoms with Gasteiger partial charge in [0, 0.05) is 0 Å². The Morgan fingerprint density at radius 3 is 1.67 bits per heavy atom. The van der Waals surface area contributed by atoms with Crippen LogP contribution >= 0.6 is 0 Å². The molecule has 15 heavy (non-hydrogen) atoms. The predicted octanol–water partition coefficient (Wildman–Crippen LogP) is 5.36. The maximum atomic E-state index is 2.36. The molecule has 2 aliphatic carbocycles. The Morgan fingerprint density at radius 1 is 0.733 bits per heavy atom. The van der Waals surface area contributed by atoms with Crippen LogP contribution in [0.15, 0.2) is 24.3 Å². The van der Waals surface area contributed by atoms with Crippen molar-refractivity contribution < 1.29 is 0 Å². The molecule has 0 unspecified atom stereocenters. The first-order valence-electron chi connectivity index (χ1n) is 6.82. The lowest BCUT2D eigenvalue weighted by Crippen LogP contribution is -2.13. The van der Waals surface area contributed by atoms with E-state index in [0.717, 1.165) is 11.8 Å². The highest BCUT2D eigenvalue weighted by Gasteiger charge is 2.20. The molecular formula is C15H28. The van der Waals surface area contributed by atoms with Crippen molar-refractivity contribution in [1.29, 1.82) is 0 Å². The standard InChI is InChI=1S/C11H16.2C2H6/c1-2-6-10(7-3-1)11-8-4-5-9-11;2*1-2/h4-5,8-11H,1-3,6-7H2;2*1-2H3. The third-order valence-corrected chi connectivity index (χ3v) is 2.97. The Bertz CT molecular complexity index is 158. The monoisotopic (exact) mass is 208 g/mol. The van der Waals surface area contributed by atoms with Crippen molar-refractivity contribution >= 4 is 0 Å². The normalized spacial score (nSPS) is 20.3. The topological polar surface area (TPSA) is 0 Å². The van der Waals surface area contributed by atoms with Gasteiger partial charge in [-0.1, -0.05) is 71.3 Å². The summed E-state index contributed by atoms with van der Waals surface area (Å²) in [6.07, 6.45) is 16.4. The van der Waals surface area contributed by atoms with Crippen molar-refractivity contribution in [3.05, 3.63) is 24.3 Å². The van der Waals surface area contributed by atoms with Crippen LogP contribution in [0.25, 0.3) is 0 Å². The molecule has 0 heteroatoms. The van der Waals surface area contributed by atoms with Gasteiger partial charge in [0.2, 0.25) is 0 Å². The van der Waals surface area contributed by atoms with E-state index in [1.807, 2.05) is 27.7 Å². The number of allylic oxidation sites excluding steroid dienone is 4. The SMILES string of the molecule is C1=CC(C2CCCCC2)C=C1.CC.CC. The van der Waals surface area contributed by atoms with Crippen molar-refractivity contribution in [3.63, 3.8) is 0 Å². The molecule has 0 aromatic carbocycles. The molecule has 0 nitrogen and oxygen atoms in total. The summed E-state index contributed by atoms with van der Waals surface area (Å²) in [6.45, 7) is 8.00. The Balaban J connectivity index is 0.000000442. The molecule has 0 heterocycles. The van der Waals surface area contributed by atoms with E-state index < -0.39 is 0 Å². The second-order valence-electron chi connectivity index (χ2n) is 3.75. The molecule has 0 bridgehead atoms. The second-order valence-corrected chi connectivity index (χ2v) is 3.75. The van der Waals surface area contributed by atoms with Crippen molar-refractivity contribution in [2.45, 2.75) is 59.8 Å². The first-order valence-corrected chi connectivity index (χ1v) is 6.82. The van der Waals surface area contributed by atoms with Crippen molar-refractivity contribution in [2.24, 2.45) is 11.8 Å². The first kappa shape index (κ1) is 14.5. The Labute approximate surface area is 96.5 Å². The maximum Gasteiger partial charge on any atom is -0.00190 e. The molecule has 0 saturated heterocycles. The first-order chi connectivity index (χ1) is 7.47. The van der Waals surface area contributed by atoms with Crippen LogP contribution in [0.1, 0.15) is 59.8 Å². The highest BCUT2D eigenvalue weighted by Crippen LogP contribution is 2.32. The Hall–Kier alpha value is -0.520. The van der Waals surface area contributed by atoms with Crippen LogP contribution in [0.5, 0.6) is 0 Å². The molecule has 0 aliphatic heterocycles. The van der Waals surface area contributed by atoms with E-state index in [2.05, 4.69) is 24.3 Å². The average Bonchev–Trinajstić information content (AvgIpc) is 2.89. The van der Waals surface area contributed by atoms with Gasteiger partial charge >= 0.3 is 0 Å². The lowest BCUT2D eigenvalue weighted by Gasteiger charge is -2.24. The van der Waals surface area contributed by atoms with E-state index in [0.29, 0.717) is 0 Å². The summed E-state index contributed by atoms with van der Waals surface area (Å²) >= 11 is 0. The molecule has 1 fully saturated rings. The summed E-state index contributed by atoms with van der Waals surface area (Å²) in [7, 11) is 0. The van der Waals surface area contributed by atoms with Gasteiger partial charge in [0.25, 0.3) is 0 Å². The van der Waals surface area contributed by atoms with Gasteiger partial charge in [0.15, 0.2) is 0 Å². The lowest BCUT2D eigenvalue weighted by molar-refractivity contribution is 0.319. The van der Waals surface area contributed by atoms with Gasteiger partial charge in [-0.2, -0.15) is 0 Å². The van der Waals surface area contributed by atoms with E-state index >= 15 is 0 Å². The molecule has 0 amide bonds. The van der Waals surface area contributed by atoms with Crippen LogP contribution in [0, 0.1) is 11.8 Å². The van der Waals surface area contributed by atoms with E-state index in [1.54, 1.807) is 0 Å². The van der Waals surface area contributed by atoms with Gasteiger partial charge in [-0.15, -0.1) is 0 Å². The molecule has 0 spiro atoms. The van der Waals surface area contributed by atoms with Crippen LogP contribution in [0.2, 0.25) is 0 Å². The molecule has 0 radical (unpaired) electrons. The minimum atomic E-state index is 0.787. The third kappa shape index (κ3) is 5.20. The zero-order chi connectivity index (χ0) is 11.5. The summed E-state index contributed by atoms with van der Waals surface area (Å²) in [6, 6.07) is 0. The largest absolute Gasteiger partial charge is 0.0773 e. The smallest absolute Gasteiger partial charge is 0.00190 e. The fourth-order valence-corrected chi connectivity index (χ4v) is 2.28. The van der Waals surface area contributed by atoms with E-state index in [-0.39, 0.29) is 0 Å². The van der Waals surface area contributed by atoms with E-state index in [4.69, 9.17) is 0 Å². The number of rotatable bonds is 1. The Kier molecular flexibility index (Phi) is 9.67. The maximum absolute atomic E-state index is 2.36. The van der Waals surface area contributed by atoms with Gasteiger partial charge in [0.1, 0.15) is 0 Å². The summed E-state index contributed by atoms with van der Waals surface area (Å²) in [4.78, 5) is 0. The predicted molar refractivity (Wildman–Crippen MR) is 71.0 cm³/mol. The number of hydrogen-bond acceptors (Lipinski definition) is 0. The molecule has 0 N–H and O–H groups in total. The summed E-state index contributed by atoms with van der Waals surface area (Å²) in [5, 5.41) is 0. The fourth-order valence-electron chi connectivity index (χ4n) is 2.28. The highest BCUT2D eigenvalue weighted by molar-refractivity contribution is 5.18.